The van der Waals surface area contributed by atoms with Crippen molar-refractivity contribution in [2.24, 2.45) is 0 Å². The Morgan fingerprint density at radius 2 is 2.03 bits per heavy atom. The number of carbonyl (C=O) groups is 3. The Bertz CT molecular complexity index is 1100. The van der Waals surface area contributed by atoms with Crippen LogP contribution in [0.5, 0.6) is 0 Å². The van der Waals surface area contributed by atoms with Gasteiger partial charge in [0.05, 0.1) is 24.7 Å². The quantitative estimate of drug-likeness (QED) is 0.547. The zero-order valence-corrected chi connectivity index (χ0v) is 19.6. The standard InChI is InChI=1S/C24H30FN5O4/c1-15(2)34-12-6-11-26-23(33)24(3)13-29-14-27-19(20(29)22(32)30(24)16-9-10-16)21(31)28-18-8-5-4-7-17(18)25/h4-5,7-8,14-16H,6,9-13H2,1-3H3,(H,26,33)(H,28,31). The lowest BCUT2D eigenvalue weighted by Gasteiger charge is -2.44. The Hall–Kier alpha value is -3.27. The first kappa shape index (κ1) is 23.9. The van der Waals surface area contributed by atoms with Gasteiger partial charge in [0.2, 0.25) is 5.91 Å². The summed E-state index contributed by atoms with van der Waals surface area (Å²) in [4.78, 5) is 45.4. The monoisotopic (exact) mass is 471 g/mol. The third-order valence-electron chi connectivity index (χ3n) is 6.07. The van der Waals surface area contributed by atoms with Crippen LogP contribution >= 0.6 is 0 Å². The number of amides is 3. The van der Waals surface area contributed by atoms with Gasteiger partial charge in [-0.1, -0.05) is 12.1 Å². The van der Waals surface area contributed by atoms with E-state index < -0.39 is 23.2 Å². The van der Waals surface area contributed by atoms with Gasteiger partial charge in [0.25, 0.3) is 11.8 Å². The molecule has 2 N–H and O–H groups in total. The molecule has 4 rings (SSSR count). The summed E-state index contributed by atoms with van der Waals surface area (Å²) in [5.74, 6) is -1.95. The highest BCUT2D eigenvalue weighted by Gasteiger charge is 2.53. The molecule has 2 aliphatic rings. The molecule has 0 radical (unpaired) electrons. The summed E-state index contributed by atoms with van der Waals surface area (Å²) in [6.07, 6.45) is 3.76. The Balaban J connectivity index is 1.53. The normalized spacial score (nSPS) is 19.8. The first-order chi connectivity index (χ1) is 16.2. The molecule has 1 atom stereocenters. The van der Waals surface area contributed by atoms with Gasteiger partial charge in [0.1, 0.15) is 17.1 Å². The molecule has 1 unspecified atom stereocenters. The van der Waals surface area contributed by atoms with E-state index >= 15 is 0 Å². The zero-order chi connectivity index (χ0) is 24.5. The highest BCUT2D eigenvalue weighted by molar-refractivity contribution is 6.11. The van der Waals surface area contributed by atoms with Crippen LogP contribution in [0.1, 0.15) is 61.0 Å². The van der Waals surface area contributed by atoms with E-state index in [2.05, 4.69) is 15.6 Å². The average Bonchev–Trinajstić information content (AvgIpc) is 3.52. The molecule has 0 saturated heterocycles. The van der Waals surface area contributed by atoms with Crippen molar-refractivity contribution in [3.63, 3.8) is 0 Å². The number of aromatic nitrogens is 2. The van der Waals surface area contributed by atoms with E-state index in [1.165, 1.54) is 24.5 Å². The first-order valence-electron chi connectivity index (χ1n) is 11.6. The summed E-state index contributed by atoms with van der Waals surface area (Å²) in [7, 11) is 0. The molecule has 34 heavy (non-hydrogen) atoms. The molecule has 2 aromatic rings. The van der Waals surface area contributed by atoms with Crippen LogP contribution in [-0.2, 0) is 16.1 Å². The van der Waals surface area contributed by atoms with Crippen molar-refractivity contribution < 1.29 is 23.5 Å². The lowest BCUT2D eigenvalue weighted by atomic mass is 9.94. The molecule has 1 aliphatic heterocycles. The fraction of sp³-hybridized carbons (Fsp3) is 0.500. The maximum absolute atomic E-state index is 14.0. The van der Waals surface area contributed by atoms with Crippen molar-refractivity contribution in [2.45, 2.75) is 64.3 Å². The number of anilines is 1. The van der Waals surface area contributed by atoms with E-state index in [0.29, 0.717) is 19.6 Å². The number of benzene rings is 1. The summed E-state index contributed by atoms with van der Waals surface area (Å²) in [5, 5.41) is 5.41. The van der Waals surface area contributed by atoms with Crippen molar-refractivity contribution >= 4 is 23.4 Å². The van der Waals surface area contributed by atoms with E-state index in [4.69, 9.17) is 4.74 Å². The summed E-state index contributed by atoms with van der Waals surface area (Å²) in [6.45, 7) is 6.78. The number of fused-ring (bicyclic) bond motifs is 1. The number of ether oxygens (including phenoxy) is 1. The van der Waals surface area contributed by atoms with Crippen LogP contribution in [0.15, 0.2) is 30.6 Å². The van der Waals surface area contributed by atoms with Gasteiger partial charge in [-0.05, 0) is 52.2 Å². The largest absolute Gasteiger partial charge is 0.379 e. The van der Waals surface area contributed by atoms with Gasteiger partial charge in [0, 0.05) is 19.2 Å². The van der Waals surface area contributed by atoms with Crippen molar-refractivity contribution in [3.05, 3.63) is 47.8 Å². The lowest BCUT2D eigenvalue weighted by molar-refractivity contribution is -0.133. The molecule has 1 aromatic heterocycles. The number of nitrogens with one attached hydrogen (secondary N) is 2. The minimum absolute atomic E-state index is 0.00206. The summed E-state index contributed by atoms with van der Waals surface area (Å²) in [6, 6.07) is 5.71. The molecule has 182 valence electrons. The van der Waals surface area contributed by atoms with E-state index in [9.17, 15) is 18.8 Å². The zero-order valence-electron chi connectivity index (χ0n) is 19.6. The van der Waals surface area contributed by atoms with Crippen molar-refractivity contribution in [2.75, 3.05) is 18.5 Å². The maximum atomic E-state index is 14.0. The smallest absolute Gasteiger partial charge is 0.276 e. The van der Waals surface area contributed by atoms with Gasteiger partial charge >= 0.3 is 0 Å². The molecular weight excluding hydrogens is 441 g/mol. The second-order valence-electron chi connectivity index (χ2n) is 9.21. The van der Waals surface area contributed by atoms with Crippen molar-refractivity contribution in [3.8, 4) is 0 Å². The van der Waals surface area contributed by atoms with Crippen molar-refractivity contribution in [1.82, 2.24) is 19.8 Å². The fourth-order valence-corrected chi connectivity index (χ4v) is 4.25. The highest BCUT2D eigenvalue weighted by Crippen LogP contribution is 2.39. The third kappa shape index (κ3) is 4.68. The summed E-state index contributed by atoms with van der Waals surface area (Å²) in [5.41, 5.74) is -1.10. The number of rotatable bonds is 9. The van der Waals surface area contributed by atoms with E-state index in [1.54, 1.807) is 22.5 Å². The Kier molecular flexibility index (Phi) is 6.70. The third-order valence-corrected chi connectivity index (χ3v) is 6.07. The van der Waals surface area contributed by atoms with Crippen molar-refractivity contribution in [1.29, 1.82) is 0 Å². The minimum atomic E-state index is -1.12. The number of carbonyl (C=O) groups excluding carboxylic acids is 3. The van der Waals surface area contributed by atoms with Gasteiger partial charge in [-0.15, -0.1) is 0 Å². The van der Waals surface area contributed by atoms with E-state index in [1.807, 2.05) is 13.8 Å². The number of hydrogen-bond acceptors (Lipinski definition) is 5. The molecule has 9 nitrogen and oxygen atoms in total. The van der Waals surface area contributed by atoms with Gasteiger partial charge in [-0.2, -0.15) is 0 Å². The fourth-order valence-electron chi connectivity index (χ4n) is 4.25. The van der Waals surface area contributed by atoms with E-state index in [0.717, 1.165) is 12.8 Å². The SMILES string of the molecule is CC(C)OCCCNC(=O)C1(C)Cn2cnc(C(=O)Nc3ccccc3F)c2C(=O)N1C1CC1. The maximum Gasteiger partial charge on any atom is 0.276 e. The highest BCUT2D eigenvalue weighted by atomic mass is 19.1. The van der Waals surface area contributed by atoms with Crippen LogP contribution in [0.2, 0.25) is 0 Å². The molecule has 10 heteroatoms. The Labute approximate surface area is 197 Å². The summed E-state index contributed by atoms with van der Waals surface area (Å²) < 4.78 is 21.0. The lowest BCUT2D eigenvalue weighted by Crippen LogP contribution is -2.64. The number of halogens is 1. The van der Waals surface area contributed by atoms with Crippen LogP contribution in [0.3, 0.4) is 0 Å². The second-order valence-corrected chi connectivity index (χ2v) is 9.21. The van der Waals surface area contributed by atoms with Crippen LogP contribution < -0.4 is 10.6 Å². The molecule has 1 aromatic carbocycles. The van der Waals surface area contributed by atoms with Gasteiger partial charge < -0.3 is 24.8 Å². The Morgan fingerprint density at radius 3 is 2.71 bits per heavy atom. The number of imidazole rings is 1. The average molecular weight is 472 g/mol. The topological polar surface area (TPSA) is 106 Å². The predicted octanol–water partition coefficient (Wildman–Crippen LogP) is 2.58. The molecule has 3 amide bonds. The second kappa shape index (κ2) is 9.54. The molecule has 2 heterocycles. The van der Waals surface area contributed by atoms with Gasteiger partial charge in [0.15, 0.2) is 5.69 Å². The summed E-state index contributed by atoms with van der Waals surface area (Å²) >= 11 is 0. The number of hydrogen-bond donors (Lipinski definition) is 2. The molecule has 1 fully saturated rings. The van der Waals surface area contributed by atoms with Gasteiger partial charge in [-0.3, -0.25) is 14.4 Å². The predicted molar refractivity (Wildman–Crippen MR) is 123 cm³/mol. The number of para-hydroxylation sites is 1. The Morgan fingerprint density at radius 1 is 1.29 bits per heavy atom. The van der Waals surface area contributed by atoms with E-state index in [-0.39, 0.29) is 41.7 Å². The number of nitrogens with zero attached hydrogens (tertiary/aromatic N) is 3. The van der Waals surface area contributed by atoms with Gasteiger partial charge in [-0.25, -0.2) is 9.37 Å². The van der Waals surface area contributed by atoms with Crippen LogP contribution in [0.25, 0.3) is 0 Å². The molecular formula is C24H30FN5O4. The van der Waals surface area contributed by atoms with Crippen LogP contribution in [0.4, 0.5) is 10.1 Å². The minimum Gasteiger partial charge on any atom is -0.379 e. The molecule has 1 aliphatic carbocycles. The molecule has 1 saturated carbocycles. The molecule has 0 bridgehead atoms. The molecule has 0 spiro atoms. The van der Waals surface area contributed by atoms with Crippen LogP contribution in [-0.4, -0.2) is 63.0 Å². The first-order valence-corrected chi connectivity index (χ1v) is 11.6. The van der Waals surface area contributed by atoms with Crippen LogP contribution in [0, 0.1) is 5.82 Å².